The van der Waals surface area contributed by atoms with Crippen LogP contribution in [0.4, 0.5) is 17.6 Å². The Kier molecular flexibility index (Phi) is 4.72. The number of H-pyrrole nitrogens is 1. The van der Waals surface area contributed by atoms with E-state index < -0.39 is 0 Å². The van der Waals surface area contributed by atoms with Crippen molar-refractivity contribution in [2.24, 2.45) is 0 Å². The molecule has 4 heterocycles. The number of nitrogens with two attached hydrogens (primary N) is 1. The van der Waals surface area contributed by atoms with Crippen LogP contribution in [-0.4, -0.2) is 54.9 Å². The van der Waals surface area contributed by atoms with Crippen molar-refractivity contribution in [3.05, 3.63) is 36.4 Å². The first kappa shape index (κ1) is 17.7. The van der Waals surface area contributed by atoms with Crippen LogP contribution in [0.1, 0.15) is 5.82 Å². The first-order valence-corrected chi connectivity index (χ1v) is 8.53. The average molecular weight is 381 g/mol. The van der Waals surface area contributed by atoms with Gasteiger partial charge in [-0.1, -0.05) is 0 Å². The second-order valence-corrected chi connectivity index (χ2v) is 5.89. The zero-order valence-electron chi connectivity index (χ0n) is 15.4. The van der Waals surface area contributed by atoms with E-state index in [1.807, 2.05) is 22.7 Å². The SMILES string of the molecule is COCCOc1ccn2c(-c3nc(C)nc(N)n3)c(Nc3cc[nH]n3)nc2c1. The van der Waals surface area contributed by atoms with Crippen LogP contribution in [0, 0.1) is 6.92 Å². The molecule has 0 fully saturated rings. The summed E-state index contributed by atoms with van der Waals surface area (Å²) in [5.41, 5.74) is 7.12. The summed E-state index contributed by atoms with van der Waals surface area (Å²) in [5, 5.41) is 10.1. The number of aromatic nitrogens is 7. The van der Waals surface area contributed by atoms with Gasteiger partial charge in [0.25, 0.3) is 0 Å². The van der Waals surface area contributed by atoms with Crippen molar-refractivity contribution in [3.63, 3.8) is 0 Å². The fourth-order valence-corrected chi connectivity index (χ4v) is 2.72. The molecule has 4 aromatic rings. The Morgan fingerprint density at radius 1 is 1.18 bits per heavy atom. The first-order chi connectivity index (χ1) is 13.6. The van der Waals surface area contributed by atoms with Crippen LogP contribution >= 0.6 is 0 Å². The van der Waals surface area contributed by atoms with Gasteiger partial charge in [0.1, 0.15) is 29.5 Å². The minimum absolute atomic E-state index is 0.141. The Hall–Kier alpha value is -3.73. The van der Waals surface area contributed by atoms with Gasteiger partial charge in [-0.3, -0.25) is 9.50 Å². The molecule has 0 atom stereocenters. The van der Waals surface area contributed by atoms with E-state index in [1.54, 1.807) is 26.3 Å². The second-order valence-electron chi connectivity index (χ2n) is 5.89. The number of nitrogens with zero attached hydrogens (tertiary/aromatic N) is 6. The molecule has 4 rings (SSSR count). The lowest BCUT2D eigenvalue weighted by molar-refractivity contribution is 0.146. The third-order valence-electron chi connectivity index (χ3n) is 3.88. The standard InChI is InChI=1S/C17H19N9O2/c1-10-20-15(24-17(18)21-10)14-16(22-12-3-5-19-25-12)23-13-9-11(4-6-26(13)14)28-8-7-27-2/h3-6,9H,7-8H2,1-2H3,(H2,19,22,25)(H2,18,20,21,24). The minimum Gasteiger partial charge on any atom is -0.491 e. The maximum absolute atomic E-state index is 5.83. The Labute approximate surface area is 160 Å². The van der Waals surface area contributed by atoms with Crippen LogP contribution < -0.4 is 15.8 Å². The highest BCUT2D eigenvalue weighted by atomic mass is 16.5. The molecule has 4 aromatic heterocycles. The van der Waals surface area contributed by atoms with Gasteiger partial charge in [0.05, 0.1) is 6.61 Å². The van der Waals surface area contributed by atoms with Crippen molar-refractivity contribution in [3.8, 4) is 17.3 Å². The molecular formula is C17H19N9O2. The van der Waals surface area contributed by atoms with Crippen molar-refractivity contribution in [2.75, 3.05) is 31.4 Å². The highest BCUT2D eigenvalue weighted by Crippen LogP contribution is 2.30. The molecule has 144 valence electrons. The maximum Gasteiger partial charge on any atom is 0.223 e. The summed E-state index contributed by atoms with van der Waals surface area (Å²) >= 11 is 0. The van der Waals surface area contributed by atoms with Gasteiger partial charge in [-0.15, -0.1) is 0 Å². The number of hydrogen-bond donors (Lipinski definition) is 3. The number of aromatic amines is 1. The molecule has 0 aromatic carbocycles. The smallest absolute Gasteiger partial charge is 0.223 e. The van der Waals surface area contributed by atoms with E-state index in [9.17, 15) is 0 Å². The number of imidazole rings is 1. The molecule has 0 aliphatic rings. The van der Waals surface area contributed by atoms with Crippen molar-refractivity contribution in [1.82, 2.24) is 34.5 Å². The van der Waals surface area contributed by atoms with E-state index in [0.717, 1.165) is 0 Å². The van der Waals surface area contributed by atoms with Crippen LogP contribution in [0.15, 0.2) is 30.6 Å². The van der Waals surface area contributed by atoms with E-state index in [1.165, 1.54) is 0 Å². The summed E-state index contributed by atoms with van der Waals surface area (Å²) in [4.78, 5) is 17.4. The fourth-order valence-electron chi connectivity index (χ4n) is 2.72. The van der Waals surface area contributed by atoms with E-state index in [4.69, 9.17) is 15.2 Å². The van der Waals surface area contributed by atoms with Gasteiger partial charge in [-0.25, -0.2) is 9.97 Å². The van der Waals surface area contributed by atoms with Gasteiger partial charge in [-0.2, -0.15) is 15.1 Å². The number of rotatable bonds is 7. The van der Waals surface area contributed by atoms with Crippen molar-refractivity contribution < 1.29 is 9.47 Å². The predicted molar refractivity (Wildman–Crippen MR) is 102 cm³/mol. The Balaban J connectivity index is 1.81. The van der Waals surface area contributed by atoms with E-state index >= 15 is 0 Å². The maximum atomic E-state index is 5.83. The quantitative estimate of drug-likeness (QED) is 0.407. The first-order valence-electron chi connectivity index (χ1n) is 8.53. The van der Waals surface area contributed by atoms with Crippen LogP contribution in [0.25, 0.3) is 17.2 Å². The van der Waals surface area contributed by atoms with Crippen molar-refractivity contribution in [1.29, 1.82) is 0 Å². The number of nitrogen functional groups attached to an aromatic ring is 1. The van der Waals surface area contributed by atoms with Crippen LogP contribution in [-0.2, 0) is 4.74 Å². The lowest BCUT2D eigenvalue weighted by Gasteiger charge is -2.07. The third-order valence-corrected chi connectivity index (χ3v) is 3.88. The van der Waals surface area contributed by atoms with E-state index in [-0.39, 0.29) is 5.95 Å². The molecule has 0 amide bonds. The van der Waals surface area contributed by atoms with Gasteiger partial charge >= 0.3 is 0 Å². The molecule has 0 aliphatic carbocycles. The molecule has 11 nitrogen and oxygen atoms in total. The molecule has 28 heavy (non-hydrogen) atoms. The third kappa shape index (κ3) is 3.55. The zero-order valence-corrected chi connectivity index (χ0v) is 15.4. The Bertz CT molecular complexity index is 1070. The summed E-state index contributed by atoms with van der Waals surface area (Å²) in [6.07, 6.45) is 3.55. The van der Waals surface area contributed by atoms with Gasteiger partial charge in [0.15, 0.2) is 17.5 Å². The molecular weight excluding hydrogens is 362 g/mol. The molecule has 0 unspecified atom stereocenters. The minimum atomic E-state index is 0.141. The summed E-state index contributed by atoms with van der Waals surface area (Å²) in [6.45, 7) is 2.70. The van der Waals surface area contributed by atoms with Crippen LogP contribution in [0.5, 0.6) is 5.75 Å². The topological polar surface area (TPSA) is 141 Å². The van der Waals surface area contributed by atoms with E-state index in [0.29, 0.717) is 53.6 Å². The van der Waals surface area contributed by atoms with Crippen LogP contribution in [0.2, 0.25) is 0 Å². The van der Waals surface area contributed by atoms with Gasteiger partial charge in [-0.05, 0) is 13.0 Å². The highest BCUT2D eigenvalue weighted by Gasteiger charge is 2.19. The number of fused-ring (bicyclic) bond motifs is 1. The van der Waals surface area contributed by atoms with Gasteiger partial charge in [0, 0.05) is 31.6 Å². The molecule has 0 saturated heterocycles. The number of hydrogen-bond acceptors (Lipinski definition) is 9. The number of anilines is 3. The Morgan fingerprint density at radius 2 is 2.07 bits per heavy atom. The summed E-state index contributed by atoms with van der Waals surface area (Å²) < 4.78 is 12.5. The molecule has 0 spiro atoms. The number of nitrogens with one attached hydrogen (secondary N) is 2. The summed E-state index contributed by atoms with van der Waals surface area (Å²) in [5.74, 6) is 2.89. The van der Waals surface area contributed by atoms with Gasteiger partial charge < -0.3 is 20.5 Å². The second kappa shape index (κ2) is 7.48. The average Bonchev–Trinajstić information content (AvgIpc) is 3.28. The fraction of sp³-hybridized carbons (Fsp3) is 0.235. The number of methoxy groups -OCH3 is 1. The summed E-state index contributed by atoms with van der Waals surface area (Å²) in [7, 11) is 1.63. The molecule has 0 bridgehead atoms. The predicted octanol–water partition coefficient (Wildman–Crippen LogP) is 1.57. The molecule has 0 aliphatic heterocycles. The molecule has 4 N–H and O–H groups in total. The highest BCUT2D eigenvalue weighted by molar-refractivity contribution is 5.76. The molecule has 0 saturated carbocycles. The summed E-state index contributed by atoms with van der Waals surface area (Å²) in [6, 6.07) is 5.45. The monoisotopic (exact) mass is 381 g/mol. The lowest BCUT2D eigenvalue weighted by Crippen LogP contribution is -2.05. The largest absolute Gasteiger partial charge is 0.491 e. The lowest BCUT2D eigenvalue weighted by atomic mass is 10.3. The number of aryl methyl sites for hydroxylation is 1. The number of pyridine rings is 1. The van der Waals surface area contributed by atoms with Crippen molar-refractivity contribution >= 4 is 23.2 Å². The normalized spacial score (nSPS) is 11.1. The van der Waals surface area contributed by atoms with Gasteiger partial charge in [0.2, 0.25) is 5.95 Å². The van der Waals surface area contributed by atoms with Crippen molar-refractivity contribution in [2.45, 2.75) is 6.92 Å². The number of ether oxygens (including phenoxy) is 2. The van der Waals surface area contributed by atoms with E-state index in [2.05, 4.69) is 35.5 Å². The molecule has 11 heteroatoms. The Morgan fingerprint density at radius 3 is 2.82 bits per heavy atom. The van der Waals surface area contributed by atoms with Crippen LogP contribution in [0.3, 0.4) is 0 Å². The molecule has 0 radical (unpaired) electrons. The zero-order chi connectivity index (χ0) is 19.5.